The van der Waals surface area contributed by atoms with Crippen LogP contribution in [-0.2, 0) is 0 Å². The Morgan fingerprint density at radius 1 is 1.00 bits per heavy atom. The van der Waals surface area contributed by atoms with Crippen LogP contribution in [0.15, 0.2) is 41.4 Å². The molecule has 2 aromatic carbocycles. The van der Waals surface area contributed by atoms with E-state index in [0.29, 0.717) is 0 Å². The highest BCUT2D eigenvalue weighted by Gasteiger charge is 2.13. The number of hydrogen-bond acceptors (Lipinski definition) is 5. The fraction of sp³-hybridized carbons (Fsp3) is 0.222. The van der Waals surface area contributed by atoms with Gasteiger partial charge in [0, 0.05) is 16.5 Å². The summed E-state index contributed by atoms with van der Waals surface area (Å²) < 4.78 is 12.5. The summed E-state index contributed by atoms with van der Waals surface area (Å²) in [6.45, 7) is 4.09. The Balaban J connectivity index is 2.12. The summed E-state index contributed by atoms with van der Waals surface area (Å²) >= 11 is 4.47. The van der Waals surface area contributed by atoms with Crippen molar-refractivity contribution in [3.63, 3.8) is 0 Å². The van der Waals surface area contributed by atoms with E-state index < -0.39 is 0 Å². The normalized spacial score (nSPS) is 10.7. The van der Waals surface area contributed by atoms with E-state index in [4.69, 9.17) is 9.47 Å². The first-order chi connectivity index (χ1) is 11.5. The van der Waals surface area contributed by atoms with Crippen molar-refractivity contribution in [2.24, 2.45) is 0 Å². The topological polar surface area (TPSA) is 49.2 Å². The van der Waals surface area contributed by atoms with Crippen LogP contribution in [-0.4, -0.2) is 29.2 Å². The fourth-order valence-electron chi connectivity index (χ4n) is 2.61. The Kier molecular flexibility index (Phi) is 4.49. The molecule has 0 N–H and O–H groups in total. The zero-order valence-electron chi connectivity index (χ0n) is 14.1. The third-order valence-corrected chi connectivity index (χ3v) is 4.44. The molecule has 0 spiro atoms. The van der Waals surface area contributed by atoms with Crippen molar-refractivity contribution >= 4 is 12.6 Å². The number of ether oxygens (including phenoxy) is 2. The van der Waals surface area contributed by atoms with Gasteiger partial charge in [-0.25, -0.2) is 4.68 Å². The fourth-order valence-corrected chi connectivity index (χ4v) is 2.92. The van der Waals surface area contributed by atoms with Crippen LogP contribution in [0, 0.1) is 13.8 Å². The minimum absolute atomic E-state index is 0.731. The monoisotopic (exact) mass is 341 g/mol. The number of benzene rings is 2. The molecule has 6 heteroatoms. The molecule has 3 aromatic rings. The predicted molar refractivity (Wildman–Crippen MR) is 96.6 cm³/mol. The second-order valence-corrected chi connectivity index (χ2v) is 5.99. The third-order valence-electron chi connectivity index (χ3n) is 4.09. The maximum absolute atomic E-state index is 5.47. The first-order valence-corrected chi connectivity index (χ1v) is 7.93. The molecule has 0 aliphatic carbocycles. The number of hydrogen-bond donors (Lipinski definition) is 1. The van der Waals surface area contributed by atoms with Gasteiger partial charge in [-0.1, -0.05) is 5.21 Å². The highest BCUT2D eigenvalue weighted by Crippen LogP contribution is 2.31. The van der Waals surface area contributed by atoms with Crippen molar-refractivity contribution in [3.8, 4) is 28.4 Å². The zero-order valence-corrected chi connectivity index (χ0v) is 15.0. The molecule has 0 atom stereocenters. The van der Waals surface area contributed by atoms with Gasteiger partial charge < -0.3 is 9.47 Å². The molecule has 0 radical (unpaired) electrons. The van der Waals surface area contributed by atoms with Gasteiger partial charge in [-0.3, -0.25) is 0 Å². The van der Waals surface area contributed by atoms with Gasteiger partial charge in [0.1, 0.15) is 11.5 Å². The van der Waals surface area contributed by atoms with Gasteiger partial charge in [0.25, 0.3) is 0 Å². The molecule has 0 amide bonds. The maximum atomic E-state index is 5.47. The van der Waals surface area contributed by atoms with Crippen molar-refractivity contribution in [1.29, 1.82) is 0 Å². The van der Waals surface area contributed by atoms with E-state index in [1.165, 1.54) is 0 Å². The Morgan fingerprint density at radius 2 is 1.75 bits per heavy atom. The largest absolute Gasteiger partial charge is 0.496 e. The van der Waals surface area contributed by atoms with Gasteiger partial charge in [0.15, 0.2) is 0 Å². The molecular weight excluding hydrogens is 322 g/mol. The molecule has 3 rings (SSSR count). The van der Waals surface area contributed by atoms with Crippen LogP contribution >= 0.6 is 12.6 Å². The molecule has 5 nitrogen and oxygen atoms in total. The highest BCUT2D eigenvalue weighted by molar-refractivity contribution is 7.80. The Labute approximate surface area is 146 Å². The standard InChI is InChI=1S/C18H19N3O2S/c1-11-7-14(9-17(23-4)12(11)2)21-15(10-19-20-21)13-5-6-16(22-3)18(24)8-13/h5-10,24H,1-4H3. The predicted octanol–water partition coefficient (Wildman–Crippen LogP) is 3.86. The number of thiol groups is 1. The summed E-state index contributed by atoms with van der Waals surface area (Å²) in [6, 6.07) is 9.82. The van der Waals surface area contributed by atoms with E-state index in [1.807, 2.05) is 31.2 Å². The van der Waals surface area contributed by atoms with Crippen molar-refractivity contribution < 1.29 is 9.47 Å². The maximum Gasteiger partial charge on any atom is 0.132 e. The van der Waals surface area contributed by atoms with Crippen molar-refractivity contribution in [2.75, 3.05) is 14.2 Å². The van der Waals surface area contributed by atoms with Crippen LogP contribution < -0.4 is 9.47 Å². The molecule has 0 saturated carbocycles. The minimum atomic E-state index is 0.731. The SMILES string of the molecule is COc1ccc(-c2cnnn2-c2cc(C)c(C)c(OC)c2)cc1S. The van der Waals surface area contributed by atoms with Gasteiger partial charge in [-0.15, -0.1) is 17.7 Å². The quantitative estimate of drug-likeness (QED) is 0.732. The summed E-state index contributed by atoms with van der Waals surface area (Å²) in [5.41, 5.74) is 4.99. The zero-order chi connectivity index (χ0) is 17.3. The van der Waals surface area contributed by atoms with Gasteiger partial charge >= 0.3 is 0 Å². The van der Waals surface area contributed by atoms with E-state index in [0.717, 1.165) is 44.5 Å². The van der Waals surface area contributed by atoms with Gasteiger partial charge in [-0.2, -0.15) is 0 Å². The van der Waals surface area contributed by atoms with E-state index in [1.54, 1.807) is 25.1 Å². The molecule has 24 heavy (non-hydrogen) atoms. The Morgan fingerprint density at radius 3 is 2.42 bits per heavy atom. The van der Waals surface area contributed by atoms with Crippen LogP contribution in [0.3, 0.4) is 0 Å². The van der Waals surface area contributed by atoms with Crippen LogP contribution in [0.5, 0.6) is 11.5 Å². The molecule has 0 saturated heterocycles. The van der Waals surface area contributed by atoms with Crippen LogP contribution in [0.2, 0.25) is 0 Å². The average molecular weight is 341 g/mol. The molecule has 0 unspecified atom stereocenters. The molecule has 0 fully saturated rings. The Bertz CT molecular complexity index is 890. The molecule has 1 heterocycles. The van der Waals surface area contributed by atoms with Crippen molar-refractivity contribution in [2.45, 2.75) is 18.7 Å². The average Bonchev–Trinajstić information content (AvgIpc) is 3.06. The second-order valence-electron chi connectivity index (χ2n) is 5.51. The highest BCUT2D eigenvalue weighted by atomic mass is 32.1. The van der Waals surface area contributed by atoms with Gasteiger partial charge in [0.2, 0.25) is 0 Å². The molecule has 124 valence electrons. The summed E-state index contributed by atoms with van der Waals surface area (Å²) in [7, 11) is 3.30. The molecule has 1 aromatic heterocycles. The first-order valence-electron chi connectivity index (χ1n) is 7.49. The van der Waals surface area contributed by atoms with Crippen LogP contribution in [0.4, 0.5) is 0 Å². The van der Waals surface area contributed by atoms with Gasteiger partial charge in [0.05, 0.1) is 31.8 Å². The van der Waals surface area contributed by atoms with Crippen molar-refractivity contribution in [1.82, 2.24) is 15.0 Å². The van der Waals surface area contributed by atoms with E-state index in [-0.39, 0.29) is 0 Å². The van der Waals surface area contributed by atoms with E-state index in [9.17, 15) is 0 Å². The van der Waals surface area contributed by atoms with Gasteiger partial charge in [-0.05, 0) is 49.2 Å². The summed E-state index contributed by atoms with van der Waals surface area (Å²) in [5.74, 6) is 1.56. The molecular formula is C18H19N3O2S. The number of nitrogens with zero attached hydrogens (tertiary/aromatic N) is 3. The molecule has 0 aliphatic rings. The minimum Gasteiger partial charge on any atom is -0.496 e. The van der Waals surface area contributed by atoms with E-state index >= 15 is 0 Å². The van der Waals surface area contributed by atoms with Crippen LogP contribution in [0.1, 0.15) is 11.1 Å². The summed E-state index contributed by atoms with van der Waals surface area (Å²) in [4.78, 5) is 0.764. The van der Waals surface area contributed by atoms with Crippen molar-refractivity contribution in [3.05, 3.63) is 47.7 Å². The summed E-state index contributed by atoms with van der Waals surface area (Å²) in [5, 5.41) is 8.31. The third kappa shape index (κ3) is 2.85. The van der Waals surface area contributed by atoms with Crippen LogP contribution in [0.25, 0.3) is 16.9 Å². The number of aromatic nitrogens is 3. The first kappa shape index (κ1) is 16.4. The summed E-state index contributed by atoms with van der Waals surface area (Å²) in [6.07, 6.45) is 1.73. The lowest BCUT2D eigenvalue weighted by atomic mass is 10.1. The number of rotatable bonds is 4. The lowest BCUT2D eigenvalue weighted by molar-refractivity contribution is 0.405. The van der Waals surface area contributed by atoms with E-state index in [2.05, 4.69) is 35.9 Å². The lowest BCUT2D eigenvalue weighted by Gasteiger charge is -2.13. The second kappa shape index (κ2) is 6.57. The molecule has 0 aliphatic heterocycles. The number of methoxy groups -OCH3 is 2. The Hall–Kier alpha value is -2.47. The number of aryl methyl sites for hydroxylation is 1. The smallest absolute Gasteiger partial charge is 0.132 e. The molecule has 0 bridgehead atoms. The lowest BCUT2D eigenvalue weighted by Crippen LogP contribution is -2.02.